The van der Waals surface area contributed by atoms with Crippen molar-refractivity contribution >= 4 is 51.4 Å². The average molecular weight is 457 g/mol. The van der Waals surface area contributed by atoms with Gasteiger partial charge in [0, 0.05) is 28.2 Å². The van der Waals surface area contributed by atoms with Crippen LogP contribution in [-0.2, 0) is 0 Å². The fourth-order valence-corrected chi connectivity index (χ4v) is 4.01. The minimum absolute atomic E-state index is 0. The Morgan fingerprint density at radius 3 is 2.61 bits per heavy atom. The maximum atomic E-state index is 12.2. The van der Waals surface area contributed by atoms with Gasteiger partial charge in [-0.25, -0.2) is 9.97 Å². The molecule has 4 rings (SSSR count). The number of nitrogens with one attached hydrogen (secondary N) is 2. The van der Waals surface area contributed by atoms with Gasteiger partial charge in [0.15, 0.2) is 5.82 Å². The molecule has 0 saturated heterocycles. The van der Waals surface area contributed by atoms with E-state index in [4.69, 9.17) is 5.11 Å². The zero-order valence-corrected chi connectivity index (χ0v) is 18.2. The van der Waals surface area contributed by atoms with E-state index in [2.05, 4.69) is 20.6 Å². The number of hydrogen-bond donors (Lipinski definition) is 4. The van der Waals surface area contributed by atoms with E-state index < -0.39 is 0 Å². The molecule has 1 atom stereocenters. The topological polar surface area (TPSA) is 107 Å². The molecule has 9 heteroatoms. The molecule has 2 heterocycles. The molecule has 1 amide bonds. The lowest BCUT2D eigenvalue weighted by atomic mass is 10.1. The molecule has 0 aliphatic heterocycles. The lowest BCUT2D eigenvalue weighted by molar-refractivity contribution is 0.0922. The highest BCUT2D eigenvalue weighted by molar-refractivity contribution is 7.22. The number of aromatic nitrogens is 2. The van der Waals surface area contributed by atoms with Crippen molar-refractivity contribution < 1.29 is 15.0 Å². The Balaban J connectivity index is 0.00000272. The van der Waals surface area contributed by atoms with Crippen LogP contribution >= 0.6 is 23.7 Å². The number of benzene rings is 2. The van der Waals surface area contributed by atoms with Crippen LogP contribution in [0.25, 0.3) is 20.7 Å². The maximum Gasteiger partial charge on any atom is 0.251 e. The number of fused-ring (bicyclic) bond motifs is 1. The van der Waals surface area contributed by atoms with Crippen LogP contribution in [0.3, 0.4) is 0 Å². The van der Waals surface area contributed by atoms with Gasteiger partial charge in [0.1, 0.15) is 12.1 Å². The van der Waals surface area contributed by atoms with Crippen molar-refractivity contribution in [3.8, 4) is 16.2 Å². The summed E-state index contributed by atoms with van der Waals surface area (Å²) in [6.07, 6.45) is 1.50. The smallest absolute Gasteiger partial charge is 0.251 e. The molecule has 0 spiro atoms. The first kappa shape index (κ1) is 22.5. The fraction of sp³-hybridized carbons (Fsp3) is 0.136. The zero-order chi connectivity index (χ0) is 21.1. The molecule has 31 heavy (non-hydrogen) atoms. The summed E-state index contributed by atoms with van der Waals surface area (Å²) in [6, 6.07) is 15.8. The number of anilines is 2. The van der Waals surface area contributed by atoms with Crippen molar-refractivity contribution in [2.75, 3.05) is 11.9 Å². The molecule has 1 unspecified atom stereocenters. The molecule has 0 fully saturated rings. The van der Waals surface area contributed by atoms with Gasteiger partial charge in [0.25, 0.3) is 5.91 Å². The summed E-state index contributed by atoms with van der Waals surface area (Å²) in [5.41, 5.74) is 3.04. The van der Waals surface area contributed by atoms with Crippen molar-refractivity contribution in [2.24, 2.45) is 0 Å². The first-order chi connectivity index (χ1) is 14.5. The number of hydrogen-bond acceptors (Lipinski definition) is 7. The van der Waals surface area contributed by atoms with Crippen LogP contribution in [0.5, 0.6) is 5.75 Å². The molecule has 0 saturated carbocycles. The number of thiophene rings is 1. The van der Waals surface area contributed by atoms with Crippen molar-refractivity contribution in [3.63, 3.8) is 0 Å². The second kappa shape index (κ2) is 9.74. The molecule has 160 valence electrons. The highest BCUT2D eigenvalue weighted by Gasteiger charge is 2.13. The standard InChI is InChI=1S/C22H20N4O3S.ClH/c1-13(11-27)25-22(29)15-7-5-14(6-8-15)19-10-18-20(30-19)21(24-12-23-18)26-16-3-2-4-17(28)9-16;/h2-10,12-13,27-28H,11H2,1H3,(H,25,29)(H,23,24,26);1H. The van der Waals surface area contributed by atoms with E-state index in [0.29, 0.717) is 11.4 Å². The third-order valence-electron chi connectivity index (χ3n) is 4.50. The number of rotatable bonds is 6. The SMILES string of the molecule is CC(CO)NC(=O)c1ccc(-c2cc3ncnc(Nc4cccc(O)c4)c3s2)cc1.Cl. The first-order valence-corrected chi connectivity index (χ1v) is 10.2. The largest absolute Gasteiger partial charge is 0.508 e. The van der Waals surface area contributed by atoms with Gasteiger partial charge in [-0.2, -0.15) is 0 Å². The van der Waals surface area contributed by atoms with Crippen LogP contribution in [0.2, 0.25) is 0 Å². The molecule has 2 aromatic carbocycles. The molecule has 0 aliphatic rings. The van der Waals surface area contributed by atoms with E-state index >= 15 is 0 Å². The second-order valence-corrected chi connectivity index (χ2v) is 7.91. The van der Waals surface area contributed by atoms with Gasteiger partial charge in [0.05, 0.1) is 16.8 Å². The van der Waals surface area contributed by atoms with Crippen LogP contribution in [0.1, 0.15) is 17.3 Å². The highest BCUT2D eigenvalue weighted by Crippen LogP contribution is 2.36. The second-order valence-electron chi connectivity index (χ2n) is 6.86. The Labute approximate surface area is 189 Å². The molecule has 7 nitrogen and oxygen atoms in total. The van der Waals surface area contributed by atoms with E-state index in [9.17, 15) is 9.90 Å². The average Bonchev–Trinajstić information content (AvgIpc) is 3.19. The van der Waals surface area contributed by atoms with E-state index in [1.807, 2.05) is 24.3 Å². The monoisotopic (exact) mass is 456 g/mol. The third-order valence-corrected chi connectivity index (χ3v) is 5.68. The normalized spacial score (nSPS) is 11.5. The van der Waals surface area contributed by atoms with Crippen molar-refractivity contribution in [3.05, 3.63) is 66.5 Å². The van der Waals surface area contributed by atoms with E-state index in [0.717, 1.165) is 26.3 Å². The summed E-state index contributed by atoms with van der Waals surface area (Å²) >= 11 is 1.55. The summed E-state index contributed by atoms with van der Waals surface area (Å²) in [5, 5.41) is 24.7. The fourth-order valence-electron chi connectivity index (χ4n) is 2.94. The number of aliphatic hydroxyl groups is 1. The van der Waals surface area contributed by atoms with Crippen LogP contribution in [0.15, 0.2) is 60.9 Å². The maximum absolute atomic E-state index is 12.2. The predicted octanol–water partition coefficient (Wildman–Crippen LogP) is 4.34. The van der Waals surface area contributed by atoms with Gasteiger partial charge in [0.2, 0.25) is 0 Å². The van der Waals surface area contributed by atoms with Gasteiger partial charge >= 0.3 is 0 Å². The van der Waals surface area contributed by atoms with Gasteiger partial charge in [-0.1, -0.05) is 18.2 Å². The molecule has 4 aromatic rings. The molecular formula is C22H21ClN4O3S. The summed E-state index contributed by atoms with van der Waals surface area (Å²) in [6.45, 7) is 1.64. The molecule has 4 N–H and O–H groups in total. The number of aliphatic hydroxyl groups excluding tert-OH is 1. The molecule has 2 aromatic heterocycles. The predicted molar refractivity (Wildman–Crippen MR) is 126 cm³/mol. The number of phenolic OH excluding ortho intramolecular Hbond substituents is 1. The van der Waals surface area contributed by atoms with E-state index in [1.165, 1.54) is 6.33 Å². The van der Waals surface area contributed by atoms with Gasteiger partial charge in [-0.15, -0.1) is 23.7 Å². The number of phenols is 1. The molecular weight excluding hydrogens is 436 g/mol. The number of carbonyl (C=O) groups excluding carboxylic acids is 1. The van der Waals surface area contributed by atoms with Gasteiger partial charge in [-0.3, -0.25) is 4.79 Å². The summed E-state index contributed by atoms with van der Waals surface area (Å²) in [7, 11) is 0. The summed E-state index contributed by atoms with van der Waals surface area (Å²) in [4.78, 5) is 21.9. The number of amides is 1. The summed E-state index contributed by atoms with van der Waals surface area (Å²) < 4.78 is 0.898. The van der Waals surface area contributed by atoms with Gasteiger partial charge < -0.3 is 20.8 Å². The zero-order valence-electron chi connectivity index (χ0n) is 16.6. The first-order valence-electron chi connectivity index (χ1n) is 9.36. The van der Waals surface area contributed by atoms with E-state index in [1.54, 1.807) is 48.6 Å². The van der Waals surface area contributed by atoms with Crippen LogP contribution in [0.4, 0.5) is 11.5 Å². The minimum Gasteiger partial charge on any atom is -0.508 e. The number of nitrogens with zero attached hydrogens (tertiary/aromatic N) is 2. The minimum atomic E-state index is -0.296. The lowest BCUT2D eigenvalue weighted by Crippen LogP contribution is -2.34. The van der Waals surface area contributed by atoms with E-state index in [-0.39, 0.29) is 36.7 Å². The molecule has 0 radical (unpaired) electrons. The quantitative estimate of drug-likeness (QED) is 0.344. The third kappa shape index (κ3) is 5.11. The molecule has 0 bridgehead atoms. The molecule has 0 aliphatic carbocycles. The van der Waals surface area contributed by atoms with Crippen molar-refractivity contribution in [1.29, 1.82) is 0 Å². The number of halogens is 1. The van der Waals surface area contributed by atoms with Crippen LogP contribution in [-0.4, -0.2) is 38.7 Å². The van der Waals surface area contributed by atoms with Crippen molar-refractivity contribution in [2.45, 2.75) is 13.0 Å². The Hall–Kier alpha value is -3.20. The Bertz CT molecular complexity index is 1200. The number of aromatic hydroxyl groups is 1. The van der Waals surface area contributed by atoms with Crippen LogP contribution in [0, 0.1) is 0 Å². The van der Waals surface area contributed by atoms with Crippen molar-refractivity contribution in [1.82, 2.24) is 15.3 Å². The van der Waals surface area contributed by atoms with Gasteiger partial charge in [-0.05, 0) is 42.8 Å². The number of carbonyl (C=O) groups is 1. The Morgan fingerprint density at radius 1 is 1.13 bits per heavy atom. The summed E-state index contributed by atoms with van der Waals surface area (Å²) in [5.74, 6) is 0.619. The highest BCUT2D eigenvalue weighted by atomic mass is 35.5. The Kier molecular flexibility index (Phi) is 7.06. The van der Waals surface area contributed by atoms with Crippen LogP contribution < -0.4 is 10.6 Å². The lowest BCUT2D eigenvalue weighted by Gasteiger charge is -2.10. The Morgan fingerprint density at radius 2 is 1.90 bits per heavy atom.